The smallest absolute Gasteiger partial charge is 0.243 e. The highest BCUT2D eigenvalue weighted by atomic mass is 32.2. The van der Waals surface area contributed by atoms with E-state index in [9.17, 15) is 8.42 Å². The van der Waals surface area contributed by atoms with Gasteiger partial charge in [-0.3, -0.25) is 0 Å². The largest absolute Gasteiger partial charge is 0.497 e. The predicted molar refractivity (Wildman–Crippen MR) is 61.0 cm³/mol. The predicted octanol–water partition coefficient (Wildman–Crippen LogP) is 1.48. The molecule has 0 amide bonds. The minimum absolute atomic E-state index is 0.187. The third-order valence-corrected chi connectivity index (χ3v) is 4.72. The van der Waals surface area contributed by atoms with Crippen molar-refractivity contribution in [2.24, 2.45) is 0 Å². The van der Waals surface area contributed by atoms with Gasteiger partial charge < -0.3 is 4.74 Å². The summed E-state index contributed by atoms with van der Waals surface area (Å²) in [5.74, 6) is 0.660. The lowest BCUT2D eigenvalue weighted by atomic mass is 10.3. The molecule has 0 heterocycles. The van der Waals surface area contributed by atoms with Crippen molar-refractivity contribution >= 4 is 10.0 Å². The lowest BCUT2D eigenvalue weighted by Gasteiger charge is -2.16. The van der Waals surface area contributed by atoms with E-state index in [0.29, 0.717) is 10.6 Å². The summed E-state index contributed by atoms with van der Waals surface area (Å²) in [6.45, 7) is 0. The first kappa shape index (κ1) is 11.4. The highest BCUT2D eigenvalue weighted by Crippen LogP contribution is 2.30. The maximum Gasteiger partial charge on any atom is 0.243 e. The maximum atomic E-state index is 12.1. The molecule has 1 fully saturated rings. The van der Waals surface area contributed by atoms with Gasteiger partial charge in [0, 0.05) is 13.1 Å². The van der Waals surface area contributed by atoms with Gasteiger partial charge in [-0.15, -0.1) is 0 Å². The molecule has 5 heteroatoms. The summed E-state index contributed by atoms with van der Waals surface area (Å²) in [4.78, 5) is 0.322. The number of nitrogens with zero attached hydrogens (tertiary/aromatic N) is 1. The zero-order chi connectivity index (χ0) is 11.8. The Morgan fingerprint density at radius 2 is 1.81 bits per heavy atom. The molecule has 2 rings (SSSR count). The number of sulfonamides is 1. The summed E-state index contributed by atoms with van der Waals surface area (Å²) in [6.07, 6.45) is 1.93. The second kappa shape index (κ2) is 4.07. The number of hydrogen-bond donors (Lipinski definition) is 0. The van der Waals surface area contributed by atoms with Gasteiger partial charge in [0.1, 0.15) is 5.75 Å². The quantitative estimate of drug-likeness (QED) is 0.802. The summed E-state index contributed by atoms with van der Waals surface area (Å²) < 4.78 is 30.6. The minimum Gasteiger partial charge on any atom is -0.497 e. The van der Waals surface area contributed by atoms with Gasteiger partial charge in [-0.1, -0.05) is 0 Å². The second-order valence-electron chi connectivity index (χ2n) is 3.93. The van der Waals surface area contributed by atoms with Crippen LogP contribution in [0.5, 0.6) is 5.75 Å². The molecule has 0 N–H and O–H groups in total. The van der Waals surface area contributed by atoms with Gasteiger partial charge in [-0.05, 0) is 37.1 Å². The van der Waals surface area contributed by atoms with E-state index in [1.54, 1.807) is 38.4 Å². The van der Waals surface area contributed by atoms with Gasteiger partial charge in [0.2, 0.25) is 10.0 Å². The van der Waals surface area contributed by atoms with Crippen LogP contribution in [0.3, 0.4) is 0 Å². The molecule has 1 aliphatic rings. The van der Waals surface area contributed by atoms with Crippen molar-refractivity contribution in [3.05, 3.63) is 24.3 Å². The van der Waals surface area contributed by atoms with Crippen molar-refractivity contribution in [3.8, 4) is 5.75 Å². The molecule has 0 atom stereocenters. The summed E-state index contributed by atoms with van der Waals surface area (Å²) in [5, 5.41) is 0. The molecule has 0 bridgehead atoms. The van der Waals surface area contributed by atoms with Crippen LogP contribution in [-0.2, 0) is 10.0 Å². The Hall–Kier alpha value is -1.07. The highest BCUT2D eigenvalue weighted by Gasteiger charge is 2.34. The molecule has 4 nitrogen and oxygen atoms in total. The van der Waals surface area contributed by atoms with E-state index in [2.05, 4.69) is 0 Å². The third-order valence-electron chi connectivity index (χ3n) is 2.80. The van der Waals surface area contributed by atoms with Gasteiger partial charge in [-0.2, -0.15) is 4.31 Å². The van der Waals surface area contributed by atoms with Crippen molar-refractivity contribution in [1.82, 2.24) is 4.31 Å². The fourth-order valence-corrected chi connectivity index (χ4v) is 2.96. The number of methoxy groups -OCH3 is 1. The first-order valence-corrected chi connectivity index (χ1v) is 6.62. The zero-order valence-corrected chi connectivity index (χ0v) is 10.2. The Balaban J connectivity index is 2.27. The van der Waals surface area contributed by atoms with Gasteiger partial charge in [0.15, 0.2) is 0 Å². The van der Waals surface area contributed by atoms with Crippen LogP contribution in [0.1, 0.15) is 12.8 Å². The molecule has 1 aliphatic carbocycles. The van der Waals surface area contributed by atoms with E-state index in [-0.39, 0.29) is 6.04 Å². The van der Waals surface area contributed by atoms with Gasteiger partial charge in [0.05, 0.1) is 12.0 Å². The Labute approximate surface area is 95.9 Å². The van der Waals surface area contributed by atoms with Crippen LogP contribution in [0.15, 0.2) is 29.2 Å². The molecule has 0 spiro atoms. The summed E-state index contributed by atoms with van der Waals surface area (Å²) in [7, 11) is -0.131. The maximum absolute atomic E-state index is 12.1. The van der Waals surface area contributed by atoms with Gasteiger partial charge in [0.25, 0.3) is 0 Å². The molecular weight excluding hydrogens is 226 g/mol. The number of benzene rings is 1. The van der Waals surface area contributed by atoms with E-state index in [1.807, 2.05) is 0 Å². The van der Waals surface area contributed by atoms with Crippen LogP contribution in [0.25, 0.3) is 0 Å². The molecular formula is C11H15NO3S. The molecule has 0 unspecified atom stereocenters. The van der Waals surface area contributed by atoms with E-state index in [4.69, 9.17) is 4.74 Å². The summed E-state index contributed by atoms with van der Waals surface area (Å²) in [5.41, 5.74) is 0. The Morgan fingerprint density at radius 1 is 1.25 bits per heavy atom. The van der Waals surface area contributed by atoms with E-state index < -0.39 is 10.0 Å². The van der Waals surface area contributed by atoms with Crippen molar-refractivity contribution < 1.29 is 13.2 Å². The van der Waals surface area contributed by atoms with Gasteiger partial charge in [-0.25, -0.2) is 8.42 Å². The second-order valence-corrected chi connectivity index (χ2v) is 5.93. The van der Waals surface area contributed by atoms with Gasteiger partial charge >= 0.3 is 0 Å². The first-order chi connectivity index (χ1) is 7.55. The SMILES string of the molecule is COc1ccc(S(=O)(=O)N(C)C2CC2)cc1. The molecule has 88 valence electrons. The zero-order valence-electron chi connectivity index (χ0n) is 9.38. The van der Waals surface area contributed by atoms with Crippen LogP contribution in [-0.4, -0.2) is 32.9 Å². The average Bonchev–Trinajstić information content (AvgIpc) is 3.12. The molecule has 0 aromatic heterocycles. The van der Waals surface area contributed by atoms with Crippen molar-refractivity contribution in [3.63, 3.8) is 0 Å². The highest BCUT2D eigenvalue weighted by molar-refractivity contribution is 7.89. The van der Waals surface area contributed by atoms with Crippen LogP contribution >= 0.6 is 0 Å². The Kier molecular flexibility index (Phi) is 2.90. The molecule has 0 aliphatic heterocycles. The van der Waals surface area contributed by atoms with Crippen LogP contribution in [0, 0.1) is 0 Å². The number of ether oxygens (including phenoxy) is 1. The van der Waals surface area contributed by atoms with Crippen LogP contribution in [0.4, 0.5) is 0 Å². The van der Waals surface area contributed by atoms with Crippen molar-refractivity contribution in [2.45, 2.75) is 23.8 Å². The molecule has 0 radical (unpaired) electrons. The lowest BCUT2D eigenvalue weighted by Crippen LogP contribution is -2.28. The van der Waals surface area contributed by atoms with Crippen molar-refractivity contribution in [2.75, 3.05) is 14.2 Å². The molecule has 16 heavy (non-hydrogen) atoms. The molecule has 1 saturated carbocycles. The Bertz CT molecular complexity index is 463. The standard InChI is InChI=1S/C11H15NO3S/c1-12(9-3-4-9)16(13,14)11-7-5-10(15-2)6-8-11/h5-9H,3-4H2,1-2H3. The first-order valence-electron chi connectivity index (χ1n) is 5.18. The van der Waals surface area contributed by atoms with E-state index >= 15 is 0 Å². The third kappa shape index (κ3) is 2.05. The van der Waals surface area contributed by atoms with E-state index in [1.165, 1.54) is 4.31 Å². The minimum atomic E-state index is -3.32. The van der Waals surface area contributed by atoms with Crippen LogP contribution in [0.2, 0.25) is 0 Å². The van der Waals surface area contributed by atoms with Crippen molar-refractivity contribution in [1.29, 1.82) is 0 Å². The monoisotopic (exact) mass is 241 g/mol. The molecule has 0 saturated heterocycles. The lowest BCUT2D eigenvalue weighted by molar-refractivity contribution is 0.414. The molecule has 1 aromatic carbocycles. The molecule has 1 aromatic rings. The number of rotatable bonds is 4. The topological polar surface area (TPSA) is 46.6 Å². The average molecular weight is 241 g/mol. The fraction of sp³-hybridized carbons (Fsp3) is 0.455. The fourth-order valence-electron chi connectivity index (χ4n) is 1.55. The van der Waals surface area contributed by atoms with E-state index in [0.717, 1.165) is 12.8 Å². The summed E-state index contributed by atoms with van der Waals surface area (Å²) >= 11 is 0. The normalized spacial score (nSPS) is 16.4. The van der Waals surface area contributed by atoms with Crippen LogP contribution < -0.4 is 4.74 Å². The number of hydrogen-bond acceptors (Lipinski definition) is 3. The summed E-state index contributed by atoms with van der Waals surface area (Å²) in [6, 6.07) is 6.66. The Morgan fingerprint density at radius 3 is 2.25 bits per heavy atom.